The van der Waals surface area contributed by atoms with E-state index in [2.05, 4.69) is 0 Å². The molecule has 1 aliphatic rings. The fourth-order valence-corrected chi connectivity index (χ4v) is 2.33. The van der Waals surface area contributed by atoms with Crippen molar-refractivity contribution in [3.05, 3.63) is 11.1 Å². The minimum absolute atomic E-state index is 0.0427. The van der Waals surface area contributed by atoms with Crippen LogP contribution in [-0.2, 0) is 14.3 Å². The Morgan fingerprint density at radius 1 is 1.40 bits per heavy atom. The molecule has 1 rings (SSSR count). The van der Waals surface area contributed by atoms with E-state index >= 15 is 0 Å². The lowest BCUT2D eigenvalue weighted by molar-refractivity contribution is -0.143. The largest absolute Gasteiger partial charge is 0.466 e. The Hall–Kier alpha value is -1.67. The van der Waals surface area contributed by atoms with Crippen molar-refractivity contribution in [2.45, 2.75) is 58.0 Å². The Kier molecular flexibility index (Phi) is 6.96. The van der Waals surface area contributed by atoms with Crippen LogP contribution in [0.25, 0.3) is 0 Å². The monoisotopic (exact) mass is 279 g/mol. The summed E-state index contributed by atoms with van der Waals surface area (Å²) < 4.78 is 4.83. The van der Waals surface area contributed by atoms with Crippen LogP contribution in [0.15, 0.2) is 11.1 Å². The maximum Gasteiger partial charge on any atom is 0.305 e. The van der Waals surface area contributed by atoms with Crippen LogP contribution in [-0.4, -0.2) is 29.6 Å². The molecule has 1 N–H and O–H groups in total. The number of nitrogens with zero attached hydrogens (tertiary/aromatic N) is 1. The molecule has 0 aromatic rings. The molecule has 0 amide bonds. The van der Waals surface area contributed by atoms with Gasteiger partial charge in [0, 0.05) is 18.4 Å². The van der Waals surface area contributed by atoms with Gasteiger partial charge in [0.2, 0.25) is 0 Å². The predicted octanol–water partition coefficient (Wildman–Crippen LogP) is 2.04. The lowest BCUT2D eigenvalue weighted by Gasteiger charge is -2.03. The predicted molar refractivity (Wildman–Crippen MR) is 72.6 cm³/mol. The molecular weight excluding hydrogens is 258 g/mol. The van der Waals surface area contributed by atoms with E-state index in [1.807, 2.05) is 6.07 Å². The van der Waals surface area contributed by atoms with E-state index in [1.165, 1.54) is 0 Å². The number of hydrogen-bond acceptors (Lipinski definition) is 5. The van der Waals surface area contributed by atoms with Gasteiger partial charge in [-0.25, -0.2) is 0 Å². The lowest BCUT2D eigenvalue weighted by atomic mass is 10.0. The van der Waals surface area contributed by atoms with Crippen LogP contribution in [0.4, 0.5) is 0 Å². The average Bonchev–Trinajstić information content (AvgIpc) is 2.68. The van der Waals surface area contributed by atoms with E-state index in [0.717, 1.165) is 25.7 Å². The summed E-state index contributed by atoms with van der Waals surface area (Å²) >= 11 is 0. The van der Waals surface area contributed by atoms with Gasteiger partial charge in [0.05, 0.1) is 24.4 Å². The molecule has 0 radical (unpaired) electrons. The molecule has 5 nitrogen and oxygen atoms in total. The fraction of sp³-hybridized carbons (Fsp3) is 0.667. The Bertz CT molecular complexity index is 434. The molecule has 0 heterocycles. The molecule has 5 heteroatoms. The van der Waals surface area contributed by atoms with Crippen molar-refractivity contribution in [2.24, 2.45) is 0 Å². The molecule has 110 valence electrons. The van der Waals surface area contributed by atoms with Gasteiger partial charge < -0.3 is 9.84 Å². The number of carbonyl (C=O) groups excluding carboxylic acids is 2. The molecule has 0 spiro atoms. The van der Waals surface area contributed by atoms with E-state index in [0.29, 0.717) is 25.0 Å². The van der Waals surface area contributed by atoms with E-state index in [4.69, 9.17) is 10.00 Å². The Labute approximate surface area is 119 Å². The minimum atomic E-state index is -0.911. The molecule has 1 unspecified atom stereocenters. The second-order valence-corrected chi connectivity index (χ2v) is 4.87. The third-order valence-corrected chi connectivity index (χ3v) is 3.36. The lowest BCUT2D eigenvalue weighted by Crippen LogP contribution is -2.04. The van der Waals surface area contributed by atoms with Crippen molar-refractivity contribution in [3.8, 4) is 6.07 Å². The molecule has 0 bridgehead atoms. The van der Waals surface area contributed by atoms with Crippen molar-refractivity contribution < 1.29 is 19.4 Å². The van der Waals surface area contributed by atoms with Gasteiger partial charge in [0.15, 0.2) is 5.78 Å². The summed E-state index contributed by atoms with van der Waals surface area (Å²) in [6.45, 7) is 2.19. The number of carbonyl (C=O) groups is 2. The molecule has 1 atom stereocenters. The fourth-order valence-electron chi connectivity index (χ4n) is 2.33. The summed E-state index contributed by atoms with van der Waals surface area (Å²) in [4.78, 5) is 22.7. The second kappa shape index (κ2) is 8.49. The van der Waals surface area contributed by atoms with Gasteiger partial charge in [0.25, 0.3) is 0 Å². The van der Waals surface area contributed by atoms with Gasteiger partial charge >= 0.3 is 5.97 Å². The SMILES string of the molecule is CCOC(=O)CCCCCCC1=C(C#N)C(O)CC1=O. The van der Waals surface area contributed by atoms with Crippen molar-refractivity contribution in [1.82, 2.24) is 0 Å². The third-order valence-electron chi connectivity index (χ3n) is 3.36. The molecule has 0 aromatic heterocycles. The van der Waals surface area contributed by atoms with E-state index in [-0.39, 0.29) is 23.7 Å². The van der Waals surface area contributed by atoms with Crippen LogP contribution >= 0.6 is 0 Å². The van der Waals surface area contributed by atoms with Crippen molar-refractivity contribution >= 4 is 11.8 Å². The highest BCUT2D eigenvalue weighted by molar-refractivity contribution is 6.00. The topological polar surface area (TPSA) is 87.4 Å². The molecule has 0 fully saturated rings. The first-order chi connectivity index (χ1) is 9.60. The van der Waals surface area contributed by atoms with Crippen molar-refractivity contribution in [2.75, 3.05) is 6.61 Å². The smallest absolute Gasteiger partial charge is 0.305 e. The molecule has 20 heavy (non-hydrogen) atoms. The van der Waals surface area contributed by atoms with E-state index in [1.54, 1.807) is 6.92 Å². The van der Waals surface area contributed by atoms with Crippen LogP contribution < -0.4 is 0 Å². The number of ketones is 1. The number of aliphatic hydroxyl groups excluding tert-OH is 1. The van der Waals surface area contributed by atoms with Crippen LogP contribution in [0.2, 0.25) is 0 Å². The normalized spacial score (nSPS) is 18.2. The number of esters is 1. The highest BCUT2D eigenvalue weighted by atomic mass is 16.5. The summed E-state index contributed by atoms with van der Waals surface area (Å²) in [6, 6.07) is 1.92. The summed E-state index contributed by atoms with van der Waals surface area (Å²) in [7, 11) is 0. The Balaban J connectivity index is 2.22. The van der Waals surface area contributed by atoms with Crippen molar-refractivity contribution in [3.63, 3.8) is 0 Å². The Morgan fingerprint density at radius 3 is 2.75 bits per heavy atom. The van der Waals surface area contributed by atoms with Crippen LogP contribution in [0.3, 0.4) is 0 Å². The first-order valence-electron chi connectivity index (χ1n) is 7.10. The highest BCUT2D eigenvalue weighted by Gasteiger charge is 2.30. The average molecular weight is 279 g/mol. The van der Waals surface area contributed by atoms with E-state index < -0.39 is 6.10 Å². The van der Waals surface area contributed by atoms with E-state index in [9.17, 15) is 14.7 Å². The summed E-state index contributed by atoms with van der Waals surface area (Å²) in [5.41, 5.74) is 0.729. The maximum absolute atomic E-state index is 11.6. The molecule has 0 saturated carbocycles. The number of hydrogen-bond donors (Lipinski definition) is 1. The zero-order valence-electron chi connectivity index (χ0n) is 11.9. The van der Waals surface area contributed by atoms with Crippen LogP contribution in [0, 0.1) is 11.3 Å². The molecule has 1 aliphatic carbocycles. The maximum atomic E-state index is 11.6. The standard InChI is InChI=1S/C15H21NO4/c1-2-20-15(19)8-6-4-3-5-7-11-12(10-16)14(18)9-13(11)17/h14,18H,2-9H2,1H3. The van der Waals surface area contributed by atoms with Gasteiger partial charge in [-0.1, -0.05) is 12.8 Å². The Morgan fingerprint density at radius 2 is 2.10 bits per heavy atom. The molecular formula is C15H21NO4. The first-order valence-corrected chi connectivity index (χ1v) is 7.10. The summed E-state index contributed by atoms with van der Waals surface area (Å²) in [5, 5.41) is 18.4. The van der Waals surface area contributed by atoms with Gasteiger partial charge in [-0.15, -0.1) is 0 Å². The number of allylic oxidation sites excluding steroid dienone is 1. The number of rotatable bonds is 8. The van der Waals surface area contributed by atoms with Gasteiger partial charge in [-0.3, -0.25) is 9.59 Å². The summed E-state index contributed by atoms with van der Waals surface area (Å²) in [5.74, 6) is -0.281. The molecule has 0 aromatic carbocycles. The number of aliphatic hydroxyl groups is 1. The van der Waals surface area contributed by atoms with Gasteiger partial charge in [-0.2, -0.15) is 5.26 Å². The van der Waals surface area contributed by atoms with Crippen molar-refractivity contribution in [1.29, 1.82) is 5.26 Å². The molecule has 0 aliphatic heterocycles. The quantitative estimate of drug-likeness (QED) is 0.542. The number of ether oxygens (including phenoxy) is 1. The zero-order chi connectivity index (χ0) is 15.0. The van der Waals surface area contributed by atoms with Gasteiger partial charge in [-0.05, 0) is 26.2 Å². The second-order valence-electron chi connectivity index (χ2n) is 4.87. The van der Waals surface area contributed by atoms with Crippen LogP contribution in [0.5, 0.6) is 0 Å². The first kappa shape index (κ1) is 16.4. The van der Waals surface area contributed by atoms with Gasteiger partial charge in [0.1, 0.15) is 0 Å². The number of Topliss-reactive ketones (excluding diaryl/α,β-unsaturated/α-hetero) is 1. The minimum Gasteiger partial charge on any atom is -0.466 e. The molecule has 0 saturated heterocycles. The number of nitriles is 1. The summed E-state index contributed by atoms with van der Waals surface area (Å²) in [6.07, 6.45) is 3.46. The highest BCUT2D eigenvalue weighted by Crippen LogP contribution is 2.27. The zero-order valence-corrected chi connectivity index (χ0v) is 11.9. The number of unbranched alkanes of at least 4 members (excludes halogenated alkanes) is 3. The van der Waals surface area contributed by atoms with Crippen LogP contribution in [0.1, 0.15) is 51.9 Å². The third kappa shape index (κ3) is 4.78.